The molecule has 0 aromatic carbocycles. The average Bonchev–Trinajstić information content (AvgIpc) is 2.42. The van der Waals surface area contributed by atoms with E-state index in [1.165, 1.54) is 0 Å². The van der Waals surface area contributed by atoms with Crippen molar-refractivity contribution in [2.24, 2.45) is 0 Å². The second-order valence-electron chi connectivity index (χ2n) is 7.18. The van der Waals surface area contributed by atoms with Crippen LogP contribution in [0.1, 0.15) is 34.1 Å². The van der Waals surface area contributed by atoms with Gasteiger partial charge in [-0.25, -0.2) is 9.37 Å². The maximum atomic E-state index is 12.2. The van der Waals surface area contributed by atoms with Crippen LogP contribution in [0, 0.1) is 0 Å². The molecule has 1 aliphatic rings. The van der Waals surface area contributed by atoms with E-state index < -0.39 is 14.4 Å². The number of carbonyl (C=O) groups excluding carboxylic acids is 2. The first kappa shape index (κ1) is 19.2. The van der Waals surface area contributed by atoms with Crippen LogP contribution in [0.4, 0.5) is 4.79 Å². The first-order chi connectivity index (χ1) is 9.99. The summed E-state index contributed by atoms with van der Waals surface area (Å²) in [4.78, 5) is 30.4. The molecule has 1 rings (SSSR count). The Labute approximate surface area is 138 Å². The standard InChI is InChI=1S/C15H26ClNO4Si/c1-11-9-12(13(18)10-16)7-8-17(11)14(19)20-21-22(5,6)15(2,3)4/h7,11H,8-10H2,1-6H3. The third-order valence-electron chi connectivity index (χ3n) is 4.42. The minimum absolute atomic E-state index is 0.0303. The highest BCUT2D eigenvalue weighted by Gasteiger charge is 2.41. The van der Waals surface area contributed by atoms with Crippen LogP contribution in [0.2, 0.25) is 18.1 Å². The van der Waals surface area contributed by atoms with Gasteiger partial charge in [0, 0.05) is 12.6 Å². The minimum atomic E-state index is -2.15. The zero-order valence-electron chi connectivity index (χ0n) is 14.2. The predicted molar refractivity (Wildman–Crippen MR) is 89.4 cm³/mol. The predicted octanol–water partition coefficient (Wildman–Crippen LogP) is 3.89. The molecule has 0 spiro atoms. The number of rotatable bonds is 4. The molecule has 1 atom stereocenters. The first-order valence-corrected chi connectivity index (χ1v) is 10.9. The lowest BCUT2D eigenvalue weighted by Crippen LogP contribution is -2.46. The molecule has 0 saturated carbocycles. The molecule has 0 aromatic heterocycles. The fraction of sp³-hybridized carbons (Fsp3) is 0.733. The van der Waals surface area contributed by atoms with Crippen LogP contribution in [-0.4, -0.2) is 43.6 Å². The van der Waals surface area contributed by atoms with Gasteiger partial charge in [0.2, 0.25) is 0 Å². The van der Waals surface area contributed by atoms with Gasteiger partial charge >= 0.3 is 6.09 Å². The van der Waals surface area contributed by atoms with Gasteiger partial charge in [-0.1, -0.05) is 26.8 Å². The van der Waals surface area contributed by atoms with Crippen LogP contribution in [0.5, 0.6) is 0 Å². The molecule has 1 amide bonds. The Kier molecular flexibility index (Phi) is 6.24. The van der Waals surface area contributed by atoms with E-state index in [1.54, 1.807) is 11.0 Å². The van der Waals surface area contributed by atoms with Gasteiger partial charge in [0.05, 0.1) is 5.88 Å². The number of ketones is 1. The molecular formula is C15H26ClNO4Si. The van der Waals surface area contributed by atoms with E-state index in [4.69, 9.17) is 21.1 Å². The Hall–Kier alpha value is -0.853. The van der Waals surface area contributed by atoms with E-state index >= 15 is 0 Å². The molecule has 1 heterocycles. The van der Waals surface area contributed by atoms with Crippen LogP contribution < -0.4 is 0 Å². The SMILES string of the molecule is CC1CC(C(=O)CCl)=CCN1C(=O)OO[Si](C)(C)C(C)(C)C. The molecule has 0 aliphatic carbocycles. The normalized spacial score (nSPS) is 19.7. The summed E-state index contributed by atoms with van der Waals surface area (Å²) in [5.41, 5.74) is 0.678. The highest BCUT2D eigenvalue weighted by atomic mass is 35.5. The number of carbonyl (C=O) groups is 2. The quantitative estimate of drug-likeness (QED) is 0.335. The molecule has 0 aromatic rings. The molecule has 0 radical (unpaired) electrons. The van der Waals surface area contributed by atoms with Gasteiger partial charge in [0.1, 0.15) is 0 Å². The Morgan fingerprint density at radius 3 is 2.45 bits per heavy atom. The van der Waals surface area contributed by atoms with Crippen LogP contribution >= 0.6 is 11.6 Å². The van der Waals surface area contributed by atoms with Crippen molar-refractivity contribution in [3.05, 3.63) is 11.6 Å². The van der Waals surface area contributed by atoms with Crippen LogP contribution in [0.3, 0.4) is 0 Å². The lowest BCUT2D eigenvalue weighted by Gasteiger charge is -2.35. The highest BCUT2D eigenvalue weighted by Crippen LogP contribution is 2.36. The third kappa shape index (κ3) is 4.57. The first-order valence-electron chi connectivity index (χ1n) is 7.44. The Bertz CT molecular complexity index is 471. The van der Waals surface area contributed by atoms with Gasteiger partial charge in [-0.05, 0) is 37.0 Å². The summed E-state index contributed by atoms with van der Waals surface area (Å²) in [6.07, 6.45) is 1.71. The number of amides is 1. The van der Waals surface area contributed by atoms with Crippen molar-refractivity contribution >= 4 is 31.8 Å². The summed E-state index contributed by atoms with van der Waals surface area (Å²) in [7, 11) is -2.15. The van der Waals surface area contributed by atoms with Crippen molar-refractivity contribution < 1.29 is 19.1 Å². The second kappa shape index (κ2) is 7.15. The van der Waals surface area contributed by atoms with Gasteiger partial charge < -0.3 is 0 Å². The number of hydrogen-bond acceptors (Lipinski definition) is 4. The van der Waals surface area contributed by atoms with E-state index in [1.807, 2.05) is 20.0 Å². The maximum Gasteiger partial charge on any atom is 0.440 e. The summed E-state index contributed by atoms with van der Waals surface area (Å²) < 4.78 is 5.49. The maximum absolute atomic E-state index is 12.2. The molecule has 1 aliphatic heterocycles. The van der Waals surface area contributed by atoms with Crippen molar-refractivity contribution in [1.82, 2.24) is 4.90 Å². The summed E-state index contributed by atoms with van der Waals surface area (Å²) in [5, 5.41) is -0.0410. The molecule has 126 valence electrons. The van der Waals surface area contributed by atoms with Gasteiger partial charge in [0.15, 0.2) is 5.78 Å². The smallest absolute Gasteiger partial charge is 0.299 e. The molecule has 0 fully saturated rings. The van der Waals surface area contributed by atoms with E-state index in [2.05, 4.69) is 20.8 Å². The summed E-state index contributed by atoms with van der Waals surface area (Å²) in [6, 6.07) is -0.123. The van der Waals surface area contributed by atoms with E-state index in [0.717, 1.165) is 0 Å². The molecule has 22 heavy (non-hydrogen) atoms. The van der Waals surface area contributed by atoms with Gasteiger partial charge in [0.25, 0.3) is 8.32 Å². The van der Waals surface area contributed by atoms with Crippen molar-refractivity contribution in [2.45, 2.75) is 58.3 Å². The molecule has 0 bridgehead atoms. The highest BCUT2D eigenvalue weighted by molar-refractivity contribution is 6.73. The second-order valence-corrected chi connectivity index (χ2v) is 12.1. The lowest BCUT2D eigenvalue weighted by molar-refractivity contribution is -0.169. The van der Waals surface area contributed by atoms with E-state index in [9.17, 15) is 9.59 Å². The van der Waals surface area contributed by atoms with E-state index in [0.29, 0.717) is 18.5 Å². The summed E-state index contributed by atoms with van der Waals surface area (Å²) in [6.45, 7) is 12.4. The minimum Gasteiger partial charge on any atom is -0.299 e. The fourth-order valence-corrected chi connectivity index (χ4v) is 2.48. The average molecular weight is 348 g/mol. The van der Waals surface area contributed by atoms with Crippen molar-refractivity contribution in [3.8, 4) is 0 Å². The zero-order chi connectivity index (χ0) is 17.1. The number of alkyl halides is 1. The van der Waals surface area contributed by atoms with Crippen molar-refractivity contribution in [2.75, 3.05) is 12.4 Å². The molecule has 0 saturated heterocycles. The molecule has 1 unspecified atom stereocenters. The Morgan fingerprint density at radius 2 is 2.00 bits per heavy atom. The zero-order valence-corrected chi connectivity index (χ0v) is 16.0. The Morgan fingerprint density at radius 1 is 1.41 bits per heavy atom. The molecular weight excluding hydrogens is 322 g/mol. The lowest BCUT2D eigenvalue weighted by atomic mass is 9.99. The number of nitrogens with zero attached hydrogens (tertiary/aromatic N) is 1. The monoisotopic (exact) mass is 347 g/mol. The number of Topliss-reactive ketones (excluding diaryl/α,β-unsaturated/α-hetero) is 1. The van der Waals surface area contributed by atoms with Gasteiger partial charge in [-0.2, -0.15) is 0 Å². The largest absolute Gasteiger partial charge is 0.440 e. The molecule has 7 heteroatoms. The Balaban J connectivity index is 2.65. The van der Waals surface area contributed by atoms with E-state index in [-0.39, 0.29) is 22.7 Å². The summed E-state index contributed by atoms with van der Waals surface area (Å²) >= 11 is 5.56. The van der Waals surface area contributed by atoms with Crippen LogP contribution in [0.15, 0.2) is 11.6 Å². The number of halogens is 1. The topological polar surface area (TPSA) is 55.8 Å². The molecule has 5 nitrogen and oxygen atoms in total. The van der Waals surface area contributed by atoms with Crippen molar-refractivity contribution in [1.29, 1.82) is 0 Å². The fourth-order valence-electron chi connectivity index (χ4n) is 1.78. The number of hydrogen-bond donors (Lipinski definition) is 0. The van der Waals surface area contributed by atoms with Gasteiger partial charge in [-0.15, -0.1) is 11.6 Å². The van der Waals surface area contributed by atoms with Crippen LogP contribution in [0.25, 0.3) is 0 Å². The van der Waals surface area contributed by atoms with Crippen LogP contribution in [-0.2, 0) is 14.3 Å². The van der Waals surface area contributed by atoms with Crippen molar-refractivity contribution in [3.63, 3.8) is 0 Å². The van der Waals surface area contributed by atoms with Gasteiger partial charge in [-0.3, -0.25) is 14.6 Å². The third-order valence-corrected chi connectivity index (χ3v) is 8.78. The molecule has 0 N–H and O–H groups in total. The summed E-state index contributed by atoms with van der Waals surface area (Å²) in [5.74, 6) is -0.114.